The fourth-order valence-electron chi connectivity index (χ4n) is 1.73. The van der Waals surface area contributed by atoms with Gasteiger partial charge in [-0.2, -0.15) is 0 Å². The predicted molar refractivity (Wildman–Crippen MR) is 73.6 cm³/mol. The minimum Gasteiger partial charge on any atom is -0.387 e. The molecule has 1 aliphatic heterocycles. The lowest BCUT2D eigenvalue weighted by molar-refractivity contribution is 0.0693. The summed E-state index contributed by atoms with van der Waals surface area (Å²) in [7, 11) is 1.47. The van der Waals surface area contributed by atoms with Crippen LogP contribution >= 0.6 is 0 Å². The van der Waals surface area contributed by atoms with Crippen LogP contribution in [0.2, 0.25) is 0 Å². The van der Waals surface area contributed by atoms with Crippen LogP contribution in [0, 0.1) is 5.41 Å². The third-order valence-corrected chi connectivity index (χ3v) is 3.09. The monoisotopic (exact) mass is 259 g/mol. The second-order valence-electron chi connectivity index (χ2n) is 5.65. The lowest BCUT2D eigenvalue weighted by Crippen LogP contribution is -2.28. The van der Waals surface area contributed by atoms with Crippen molar-refractivity contribution in [3.8, 4) is 0 Å². The standard InChI is InChI=1S/C14H17N3O2/c1-14(2,3)13(15)16-8-5-6-9-10(7-8)12(19)17(4)11(9)18/h5-7H,1-4H3,(H2,15,16). The van der Waals surface area contributed by atoms with E-state index in [0.717, 1.165) is 4.90 Å². The van der Waals surface area contributed by atoms with Crippen molar-refractivity contribution < 1.29 is 9.59 Å². The quantitative estimate of drug-likeness (QED) is 0.476. The van der Waals surface area contributed by atoms with Crippen LogP contribution in [-0.4, -0.2) is 29.6 Å². The maximum absolute atomic E-state index is 11.9. The van der Waals surface area contributed by atoms with Crippen molar-refractivity contribution in [2.75, 3.05) is 7.05 Å². The highest BCUT2D eigenvalue weighted by Crippen LogP contribution is 2.27. The van der Waals surface area contributed by atoms with Gasteiger partial charge < -0.3 is 5.73 Å². The van der Waals surface area contributed by atoms with Crippen molar-refractivity contribution >= 4 is 23.3 Å². The fraction of sp³-hybridized carbons (Fsp3) is 0.357. The van der Waals surface area contributed by atoms with E-state index in [0.29, 0.717) is 22.6 Å². The van der Waals surface area contributed by atoms with Crippen LogP contribution in [0.4, 0.5) is 5.69 Å². The summed E-state index contributed by atoms with van der Waals surface area (Å²) in [4.78, 5) is 29.0. The fourth-order valence-corrected chi connectivity index (χ4v) is 1.73. The summed E-state index contributed by atoms with van der Waals surface area (Å²) < 4.78 is 0. The molecule has 100 valence electrons. The van der Waals surface area contributed by atoms with E-state index < -0.39 is 0 Å². The Morgan fingerprint density at radius 1 is 1.16 bits per heavy atom. The van der Waals surface area contributed by atoms with Gasteiger partial charge in [0.15, 0.2) is 0 Å². The first-order valence-corrected chi connectivity index (χ1v) is 6.03. The summed E-state index contributed by atoms with van der Waals surface area (Å²) in [6, 6.07) is 4.92. The molecule has 0 bridgehead atoms. The molecule has 2 amide bonds. The van der Waals surface area contributed by atoms with Gasteiger partial charge in [0.2, 0.25) is 0 Å². The molecule has 1 aliphatic rings. The number of rotatable bonds is 1. The van der Waals surface area contributed by atoms with Crippen molar-refractivity contribution in [2.24, 2.45) is 16.1 Å². The van der Waals surface area contributed by atoms with E-state index >= 15 is 0 Å². The highest BCUT2D eigenvalue weighted by atomic mass is 16.2. The zero-order valence-corrected chi connectivity index (χ0v) is 11.5. The number of fused-ring (bicyclic) bond motifs is 1. The molecule has 0 unspecified atom stereocenters. The van der Waals surface area contributed by atoms with Crippen molar-refractivity contribution in [1.29, 1.82) is 0 Å². The molecule has 1 heterocycles. The summed E-state index contributed by atoms with van der Waals surface area (Å²) in [5, 5.41) is 0. The second-order valence-corrected chi connectivity index (χ2v) is 5.65. The van der Waals surface area contributed by atoms with Gasteiger partial charge in [-0.05, 0) is 18.2 Å². The number of benzene rings is 1. The first-order valence-electron chi connectivity index (χ1n) is 6.03. The third-order valence-electron chi connectivity index (χ3n) is 3.09. The molecular formula is C14H17N3O2. The summed E-state index contributed by atoms with van der Waals surface area (Å²) in [5.74, 6) is -0.0942. The first-order chi connectivity index (χ1) is 8.71. The minimum absolute atomic E-state index is 0.240. The Morgan fingerprint density at radius 3 is 2.32 bits per heavy atom. The van der Waals surface area contributed by atoms with Crippen LogP contribution in [0.5, 0.6) is 0 Å². The third kappa shape index (κ3) is 2.23. The molecule has 1 aromatic carbocycles. The highest BCUT2D eigenvalue weighted by Gasteiger charge is 2.32. The molecule has 0 radical (unpaired) electrons. The molecule has 0 aromatic heterocycles. The van der Waals surface area contributed by atoms with Gasteiger partial charge in [-0.1, -0.05) is 20.8 Å². The van der Waals surface area contributed by atoms with Gasteiger partial charge in [-0.15, -0.1) is 0 Å². The molecule has 0 saturated carbocycles. The van der Waals surface area contributed by atoms with E-state index in [4.69, 9.17) is 5.73 Å². The molecule has 0 saturated heterocycles. The molecule has 0 fully saturated rings. The average Bonchev–Trinajstić information content (AvgIpc) is 2.53. The number of hydrogen-bond acceptors (Lipinski definition) is 3. The van der Waals surface area contributed by atoms with Gasteiger partial charge in [-0.25, -0.2) is 4.99 Å². The normalized spacial score (nSPS) is 16.0. The number of hydrogen-bond donors (Lipinski definition) is 1. The Labute approximate surface area is 112 Å². The maximum Gasteiger partial charge on any atom is 0.261 e. The smallest absolute Gasteiger partial charge is 0.261 e. The van der Waals surface area contributed by atoms with E-state index in [9.17, 15) is 9.59 Å². The van der Waals surface area contributed by atoms with Crippen molar-refractivity contribution in [2.45, 2.75) is 20.8 Å². The largest absolute Gasteiger partial charge is 0.387 e. The molecule has 5 heteroatoms. The summed E-state index contributed by atoms with van der Waals surface area (Å²) >= 11 is 0. The molecule has 0 aliphatic carbocycles. The highest BCUT2D eigenvalue weighted by molar-refractivity contribution is 6.21. The number of carbonyl (C=O) groups is 2. The van der Waals surface area contributed by atoms with Crippen molar-refractivity contribution in [3.05, 3.63) is 29.3 Å². The summed E-state index contributed by atoms with van der Waals surface area (Å²) in [6.07, 6.45) is 0. The van der Waals surface area contributed by atoms with Crippen LogP contribution in [0.15, 0.2) is 23.2 Å². The first kappa shape index (κ1) is 13.3. The zero-order chi connectivity index (χ0) is 14.4. The SMILES string of the molecule is CN1C(=O)c2ccc(N=C(N)C(C)(C)C)cc2C1=O. The van der Waals surface area contributed by atoms with Gasteiger partial charge in [0.1, 0.15) is 5.84 Å². The Balaban J connectivity index is 2.45. The molecule has 19 heavy (non-hydrogen) atoms. The Hall–Kier alpha value is -2.17. The van der Waals surface area contributed by atoms with Gasteiger partial charge in [0.25, 0.3) is 11.8 Å². The molecule has 0 spiro atoms. The predicted octanol–water partition coefficient (Wildman–Crippen LogP) is 1.95. The van der Waals surface area contributed by atoms with E-state index in [2.05, 4.69) is 4.99 Å². The van der Waals surface area contributed by atoms with Crippen LogP contribution in [0.3, 0.4) is 0 Å². The average molecular weight is 259 g/mol. The zero-order valence-electron chi connectivity index (χ0n) is 11.5. The summed E-state index contributed by atoms with van der Waals surface area (Å²) in [5.41, 5.74) is 7.05. The topological polar surface area (TPSA) is 75.8 Å². The Bertz CT molecular complexity index is 597. The molecule has 0 atom stereocenters. The lowest BCUT2D eigenvalue weighted by Gasteiger charge is -2.17. The van der Waals surface area contributed by atoms with E-state index in [1.54, 1.807) is 18.2 Å². The van der Waals surface area contributed by atoms with Crippen LogP contribution in [-0.2, 0) is 0 Å². The molecule has 1 aromatic rings. The molecular weight excluding hydrogens is 242 g/mol. The van der Waals surface area contributed by atoms with Crippen LogP contribution in [0.1, 0.15) is 41.5 Å². The van der Waals surface area contributed by atoms with Crippen molar-refractivity contribution in [1.82, 2.24) is 4.90 Å². The molecule has 5 nitrogen and oxygen atoms in total. The number of nitrogens with zero attached hydrogens (tertiary/aromatic N) is 2. The Morgan fingerprint density at radius 2 is 1.74 bits per heavy atom. The van der Waals surface area contributed by atoms with Crippen molar-refractivity contribution in [3.63, 3.8) is 0 Å². The summed E-state index contributed by atoms with van der Waals surface area (Å²) in [6.45, 7) is 5.88. The van der Waals surface area contributed by atoms with E-state index in [-0.39, 0.29) is 17.2 Å². The number of amidine groups is 1. The van der Waals surface area contributed by atoms with Gasteiger partial charge in [0.05, 0.1) is 16.8 Å². The maximum atomic E-state index is 11.9. The number of nitrogens with two attached hydrogens (primary N) is 1. The second kappa shape index (κ2) is 4.19. The van der Waals surface area contributed by atoms with Gasteiger partial charge >= 0.3 is 0 Å². The lowest BCUT2D eigenvalue weighted by atomic mass is 9.95. The number of carbonyl (C=O) groups excluding carboxylic acids is 2. The number of imide groups is 1. The van der Waals surface area contributed by atoms with E-state index in [1.807, 2.05) is 20.8 Å². The van der Waals surface area contributed by atoms with Crippen LogP contribution in [0.25, 0.3) is 0 Å². The van der Waals surface area contributed by atoms with Gasteiger partial charge in [-0.3, -0.25) is 14.5 Å². The van der Waals surface area contributed by atoms with E-state index in [1.165, 1.54) is 7.05 Å². The molecule has 2 N–H and O–H groups in total. The van der Waals surface area contributed by atoms with Gasteiger partial charge in [0, 0.05) is 12.5 Å². The minimum atomic E-state index is -0.300. The number of aliphatic imine (C=N–C) groups is 1. The molecule has 2 rings (SSSR count). The Kier molecular flexibility index (Phi) is 2.92. The number of amides is 2. The van der Waals surface area contributed by atoms with Crippen LogP contribution < -0.4 is 5.73 Å².